The number of carbonyl (C=O) groups is 2. The monoisotopic (exact) mass is 200 g/mol. The third kappa shape index (κ3) is 3.77. The first-order valence-electron chi connectivity index (χ1n) is 4.85. The summed E-state index contributed by atoms with van der Waals surface area (Å²) in [6.07, 6.45) is 0.690. The van der Waals surface area contributed by atoms with Crippen molar-refractivity contribution in [3.05, 3.63) is 0 Å². The van der Waals surface area contributed by atoms with E-state index in [1.165, 1.54) is 11.8 Å². The van der Waals surface area contributed by atoms with Crippen LogP contribution in [-0.2, 0) is 9.59 Å². The first-order chi connectivity index (χ1) is 6.40. The highest BCUT2D eigenvalue weighted by molar-refractivity contribution is 5.86. The van der Waals surface area contributed by atoms with Crippen LogP contribution in [0.5, 0.6) is 0 Å². The molecule has 4 heteroatoms. The Bertz CT molecular complexity index is 214. The Hall–Kier alpha value is -1.06. The van der Waals surface area contributed by atoms with Gasteiger partial charge in [-0.1, -0.05) is 13.8 Å². The molecule has 4 nitrogen and oxygen atoms in total. The van der Waals surface area contributed by atoms with Crippen molar-refractivity contribution in [1.82, 2.24) is 10.2 Å². The normalized spacial score (nSPS) is 12.4. The summed E-state index contributed by atoms with van der Waals surface area (Å²) >= 11 is 0. The highest BCUT2D eigenvalue weighted by Gasteiger charge is 2.24. The minimum absolute atomic E-state index is 0.0840. The van der Waals surface area contributed by atoms with E-state index in [0.717, 1.165) is 0 Å². The maximum atomic E-state index is 11.5. The molecule has 0 radical (unpaired) electrons. The maximum Gasteiger partial charge on any atom is 0.242 e. The van der Waals surface area contributed by atoms with Gasteiger partial charge in [-0.25, -0.2) is 0 Å². The fraction of sp³-hybridized carbons (Fsp3) is 0.800. The highest BCUT2D eigenvalue weighted by atomic mass is 16.2. The van der Waals surface area contributed by atoms with Crippen molar-refractivity contribution < 1.29 is 9.59 Å². The van der Waals surface area contributed by atoms with E-state index in [1.54, 1.807) is 14.1 Å². The topological polar surface area (TPSA) is 49.4 Å². The molecule has 0 aromatic carbocycles. The van der Waals surface area contributed by atoms with Gasteiger partial charge in [-0.3, -0.25) is 9.59 Å². The largest absolute Gasteiger partial charge is 0.357 e. The van der Waals surface area contributed by atoms with Gasteiger partial charge in [0, 0.05) is 21.0 Å². The average Bonchev–Trinajstić information content (AvgIpc) is 2.11. The number of hydrogen-bond donors (Lipinski definition) is 1. The lowest BCUT2D eigenvalue weighted by Gasteiger charge is -2.26. The van der Waals surface area contributed by atoms with Crippen LogP contribution in [0.4, 0.5) is 0 Å². The summed E-state index contributed by atoms with van der Waals surface area (Å²) in [5.41, 5.74) is 0. The lowest BCUT2D eigenvalue weighted by atomic mass is 10.0. The third-order valence-corrected chi connectivity index (χ3v) is 2.21. The zero-order chi connectivity index (χ0) is 11.3. The van der Waals surface area contributed by atoms with Crippen LogP contribution in [0.15, 0.2) is 0 Å². The zero-order valence-corrected chi connectivity index (χ0v) is 9.63. The van der Waals surface area contributed by atoms with Gasteiger partial charge in [0.1, 0.15) is 6.04 Å². The average molecular weight is 200 g/mol. The predicted octanol–water partition coefficient (Wildman–Crippen LogP) is 0.625. The minimum Gasteiger partial charge on any atom is -0.357 e. The van der Waals surface area contributed by atoms with Gasteiger partial charge in [-0.15, -0.1) is 0 Å². The Morgan fingerprint density at radius 3 is 2.14 bits per heavy atom. The molecule has 82 valence electrons. The quantitative estimate of drug-likeness (QED) is 0.723. The Labute approximate surface area is 85.7 Å². The molecule has 0 heterocycles. The minimum atomic E-state index is -0.350. The number of hydrogen-bond acceptors (Lipinski definition) is 2. The summed E-state index contributed by atoms with van der Waals surface area (Å²) in [6.45, 7) is 5.53. The molecule has 0 spiro atoms. The van der Waals surface area contributed by atoms with E-state index >= 15 is 0 Å². The van der Waals surface area contributed by atoms with Crippen molar-refractivity contribution in [2.75, 3.05) is 14.1 Å². The summed E-state index contributed by atoms with van der Waals surface area (Å²) in [6, 6.07) is -0.350. The SMILES string of the molecule is CNC(=O)[C@H](CC(C)C)N(C)C(C)=O. The molecule has 0 saturated carbocycles. The van der Waals surface area contributed by atoms with Gasteiger partial charge >= 0.3 is 0 Å². The van der Waals surface area contributed by atoms with Gasteiger partial charge < -0.3 is 10.2 Å². The van der Waals surface area contributed by atoms with Crippen LogP contribution in [0, 0.1) is 5.92 Å². The van der Waals surface area contributed by atoms with E-state index in [9.17, 15) is 9.59 Å². The molecule has 0 bridgehead atoms. The van der Waals surface area contributed by atoms with Gasteiger partial charge in [-0.2, -0.15) is 0 Å². The molecule has 0 aliphatic heterocycles. The Kier molecular flexibility index (Phi) is 5.20. The number of carbonyl (C=O) groups excluding carboxylic acids is 2. The Morgan fingerprint density at radius 2 is 1.86 bits per heavy atom. The standard InChI is InChI=1S/C10H20N2O2/c1-7(2)6-9(10(14)11-4)12(5)8(3)13/h7,9H,6H2,1-5H3,(H,11,14)/t9-/m0/s1. The Balaban J connectivity index is 4.54. The number of rotatable bonds is 4. The summed E-state index contributed by atoms with van der Waals surface area (Å²) in [5.74, 6) is 0.203. The van der Waals surface area contributed by atoms with E-state index in [1.807, 2.05) is 13.8 Å². The summed E-state index contributed by atoms with van der Waals surface area (Å²) in [7, 11) is 3.24. The van der Waals surface area contributed by atoms with Crippen LogP contribution in [-0.4, -0.2) is 36.9 Å². The molecule has 0 rings (SSSR count). The number of nitrogens with one attached hydrogen (secondary N) is 1. The van der Waals surface area contributed by atoms with Crippen LogP contribution in [0.2, 0.25) is 0 Å². The maximum absolute atomic E-state index is 11.5. The fourth-order valence-corrected chi connectivity index (χ4v) is 1.27. The van der Waals surface area contributed by atoms with Crippen LogP contribution in [0.1, 0.15) is 27.2 Å². The Morgan fingerprint density at radius 1 is 1.36 bits per heavy atom. The van der Waals surface area contributed by atoms with Crippen LogP contribution in [0.25, 0.3) is 0 Å². The molecule has 0 aliphatic carbocycles. The molecule has 0 aliphatic rings. The molecule has 14 heavy (non-hydrogen) atoms. The molecular formula is C10H20N2O2. The van der Waals surface area contributed by atoms with Gasteiger partial charge in [0.2, 0.25) is 11.8 Å². The predicted molar refractivity (Wildman–Crippen MR) is 55.8 cm³/mol. The van der Waals surface area contributed by atoms with Crippen LogP contribution >= 0.6 is 0 Å². The number of nitrogens with zero attached hydrogens (tertiary/aromatic N) is 1. The van der Waals surface area contributed by atoms with Gasteiger partial charge in [0.25, 0.3) is 0 Å². The smallest absolute Gasteiger partial charge is 0.242 e. The zero-order valence-electron chi connectivity index (χ0n) is 9.63. The molecule has 0 unspecified atom stereocenters. The highest BCUT2D eigenvalue weighted by Crippen LogP contribution is 2.10. The van der Waals surface area contributed by atoms with Crippen molar-refractivity contribution in [2.24, 2.45) is 5.92 Å². The molecule has 0 aromatic heterocycles. The van der Waals surface area contributed by atoms with E-state index in [4.69, 9.17) is 0 Å². The van der Waals surface area contributed by atoms with Crippen LogP contribution in [0.3, 0.4) is 0 Å². The molecule has 1 N–H and O–H groups in total. The van der Waals surface area contributed by atoms with E-state index < -0.39 is 0 Å². The molecule has 1 atom stereocenters. The van der Waals surface area contributed by atoms with E-state index in [-0.39, 0.29) is 17.9 Å². The van der Waals surface area contributed by atoms with Crippen molar-refractivity contribution >= 4 is 11.8 Å². The summed E-state index contributed by atoms with van der Waals surface area (Å²) in [4.78, 5) is 24.1. The van der Waals surface area contributed by atoms with Gasteiger partial charge in [0.05, 0.1) is 0 Å². The number of amides is 2. The molecule has 0 fully saturated rings. The second-order valence-corrected chi connectivity index (χ2v) is 3.89. The van der Waals surface area contributed by atoms with Crippen molar-refractivity contribution in [3.63, 3.8) is 0 Å². The summed E-state index contributed by atoms with van der Waals surface area (Å²) < 4.78 is 0. The lowest BCUT2D eigenvalue weighted by molar-refractivity contribution is -0.137. The number of likely N-dealkylation sites (N-methyl/N-ethyl adjacent to an activating group) is 2. The van der Waals surface area contributed by atoms with Gasteiger partial charge in [0.15, 0.2) is 0 Å². The molecule has 0 aromatic rings. The molecule has 2 amide bonds. The van der Waals surface area contributed by atoms with Crippen LogP contribution < -0.4 is 5.32 Å². The van der Waals surface area contributed by atoms with Gasteiger partial charge in [-0.05, 0) is 12.3 Å². The van der Waals surface area contributed by atoms with E-state index in [2.05, 4.69) is 5.32 Å². The molecular weight excluding hydrogens is 180 g/mol. The summed E-state index contributed by atoms with van der Waals surface area (Å²) in [5, 5.41) is 2.57. The second kappa shape index (κ2) is 5.62. The second-order valence-electron chi connectivity index (χ2n) is 3.89. The third-order valence-electron chi connectivity index (χ3n) is 2.21. The lowest BCUT2D eigenvalue weighted by Crippen LogP contribution is -2.46. The first-order valence-corrected chi connectivity index (χ1v) is 4.85. The molecule has 0 saturated heterocycles. The van der Waals surface area contributed by atoms with Crippen molar-refractivity contribution in [2.45, 2.75) is 33.2 Å². The van der Waals surface area contributed by atoms with Crippen molar-refractivity contribution in [1.29, 1.82) is 0 Å². The fourth-order valence-electron chi connectivity index (χ4n) is 1.27. The first kappa shape index (κ1) is 12.9. The van der Waals surface area contributed by atoms with E-state index in [0.29, 0.717) is 12.3 Å². The van der Waals surface area contributed by atoms with Crippen molar-refractivity contribution in [3.8, 4) is 0 Å².